The predicted octanol–water partition coefficient (Wildman–Crippen LogP) is 3.76. The monoisotopic (exact) mass is 245 g/mol. The lowest BCUT2D eigenvalue weighted by Crippen LogP contribution is -2.25. The number of rotatable bonds is 4. The fourth-order valence-electron chi connectivity index (χ4n) is 3.18. The Morgan fingerprint density at radius 3 is 3.00 bits per heavy atom. The largest absolute Gasteiger partial charge is 0.382 e. The van der Waals surface area contributed by atoms with E-state index in [1.54, 1.807) is 0 Å². The van der Waals surface area contributed by atoms with Gasteiger partial charge in [0.2, 0.25) is 0 Å². The molecule has 0 spiro atoms. The zero-order chi connectivity index (χ0) is 12.2. The van der Waals surface area contributed by atoms with Crippen LogP contribution in [0.1, 0.15) is 44.1 Å². The molecule has 0 radical (unpaired) electrons. The summed E-state index contributed by atoms with van der Waals surface area (Å²) in [7, 11) is 0. The number of nitrogens with one attached hydrogen (secondary N) is 1. The summed E-state index contributed by atoms with van der Waals surface area (Å²) in [6.45, 7) is 0.986. The SMILES string of the molecule is c1ccc2c(c1)CCC(CCCC1CCCO1)N2. The smallest absolute Gasteiger partial charge is 0.0576 e. The highest BCUT2D eigenvalue weighted by Crippen LogP contribution is 2.27. The first kappa shape index (κ1) is 12.0. The number of fused-ring (bicyclic) bond motifs is 1. The first-order chi connectivity index (χ1) is 8.92. The van der Waals surface area contributed by atoms with E-state index in [-0.39, 0.29) is 0 Å². The van der Waals surface area contributed by atoms with Crippen LogP contribution in [0, 0.1) is 0 Å². The number of hydrogen-bond acceptors (Lipinski definition) is 2. The zero-order valence-electron chi connectivity index (χ0n) is 11.0. The maximum absolute atomic E-state index is 5.68. The van der Waals surface area contributed by atoms with Crippen molar-refractivity contribution in [3.8, 4) is 0 Å². The first-order valence-electron chi connectivity index (χ1n) is 7.38. The van der Waals surface area contributed by atoms with Gasteiger partial charge in [-0.2, -0.15) is 0 Å². The van der Waals surface area contributed by atoms with Crippen molar-refractivity contribution >= 4 is 5.69 Å². The highest BCUT2D eigenvalue weighted by Gasteiger charge is 2.19. The van der Waals surface area contributed by atoms with Crippen LogP contribution in [-0.4, -0.2) is 18.8 Å². The standard InChI is InChI=1S/C16H23NO/c1-2-9-16-13(5-1)10-11-14(17-16)6-3-7-15-8-4-12-18-15/h1-2,5,9,14-15,17H,3-4,6-8,10-12H2. The topological polar surface area (TPSA) is 21.3 Å². The molecular weight excluding hydrogens is 222 g/mol. The average molecular weight is 245 g/mol. The average Bonchev–Trinajstić information content (AvgIpc) is 2.92. The maximum atomic E-state index is 5.68. The molecule has 1 N–H and O–H groups in total. The van der Waals surface area contributed by atoms with Gasteiger partial charge in [-0.1, -0.05) is 18.2 Å². The second-order valence-electron chi connectivity index (χ2n) is 5.60. The van der Waals surface area contributed by atoms with Crippen LogP contribution in [0.25, 0.3) is 0 Å². The zero-order valence-corrected chi connectivity index (χ0v) is 11.0. The highest BCUT2D eigenvalue weighted by molar-refractivity contribution is 5.53. The molecule has 3 rings (SSSR count). The van der Waals surface area contributed by atoms with Crippen LogP contribution in [0.4, 0.5) is 5.69 Å². The molecule has 2 heterocycles. The van der Waals surface area contributed by atoms with E-state index in [0.29, 0.717) is 12.1 Å². The molecule has 0 aliphatic carbocycles. The van der Waals surface area contributed by atoms with E-state index in [0.717, 1.165) is 6.61 Å². The van der Waals surface area contributed by atoms with Crippen LogP contribution in [0.3, 0.4) is 0 Å². The minimum atomic E-state index is 0.556. The third-order valence-corrected chi connectivity index (χ3v) is 4.24. The van der Waals surface area contributed by atoms with Crippen molar-refractivity contribution in [3.05, 3.63) is 29.8 Å². The third-order valence-electron chi connectivity index (χ3n) is 4.24. The number of anilines is 1. The summed E-state index contributed by atoms with van der Waals surface area (Å²) in [6.07, 6.45) is 9.44. The second kappa shape index (κ2) is 5.75. The Hall–Kier alpha value is -1.02. The van der Waals surface area contributed by atoms with Gasteiger partial charge >= 0.3 is 0 Å². The van der Waals surface area contributed by atoms with E-state index in [1.807, 2.05) is 0 Å². The molecule has 98 valence electrons. The first-order valence-corrected chi connectivity index (χ1v) is 7.38. The van der Waals surface area contributed by atoms with Crippen molar-refractivity contribution in [1.29, 1.82) is 0 Å². The van der Waals surface area contributed by atoms with Crippen molar-refractivity contribution in [2.24, 2.45) is 0 Å². The molecule has 1 aromatic rings. The number of aryl methyl sites for hydroxylation is 1. The molecule has 18 heavy (non-hydrogen) atoms. The van der Waals surface area contributed by atoms with Gasteiger partial charge in [-0.15, -0.1) is 0 Å². The van der Waals surface area contributed by atoms with Gasteiger partial charge in [0.05, 0.1) is 6.10 Å². The number of ether oxygens (including phenoxy) is 1. The lowest BCUT2D eigenvalue weighted by Gasteiger charge is -2.27. The third kappa shape index (κ3) is 2.86. The van der Waals surface area contributed by atoms with Crippen LogP contribution in [0.15, 0.2) is 24.3 Å². The van der Waals surface area contributed by atoms with Gasteiger partial charge in [-0.25, -0.2) is 0 Å². The summed E-state index contributed by atoms with van der Waals surface area (Å²) < 4.78 is 5.68. The van der Waals surface area contributed by atoms with Crippen LogP contribution >= 0.6 is 0 Å². The summed E-state index contributed by atoms with van der Waals surface area (Å²) in [5.41, 5.74) is 2.83. The molecule has 1 aromatic carbocycles. The fraction of sp³-hybridized carbons (Fsp3) is 0.625. The Morgan fingerprint density at radius 1 is 1.17 bits per heavy atom. The molecule has 2 nitrogen and oxygen atoms in total. The van der Waals surface area contributed by atoms with Crippen LogP contribution in [-0.2, 0) is 11.2 Å². The highest BCUT2D eigenvalue weighted by atomic mass is 16.5. The van der Waals surface area contributed by atoms with Gasteiger partial charge in [-0.3, -0.25) is 0 Å². The molecule has 0 saturated carbocycles. The van der Waals surface area contributed by atoms with Crippen molar-refractivity contribution in [2.75, 3.05) is 11.9 Å². The molecule has 2 aliphatic heterocycles. The second-order valence-corrected chi connectivity index (χ2v) is 5.60. The number of benzene rings is 1. The Morgan fingerprint density at radius 2 is 2.11 bits per heavy atom. The lowest BCUT2D eigenvalue weighted by atomic mass is 9.94. The summed E-state index contributed by atoms with van der Waals surface area (Å²) in [5, 5.41) is 3.68. The molecule has 2 unspecified atom stereocenters. The lowest BCUT2D eigenvalue weighted by molar-refractivity contribution is 0.101. The van der Waals surface area contributed by atoms with Crippen molar-refractivity contribution in [3.63, 3.8) is 0 Å². The molecule has 0 amide bonds. The molecule has 1 saturated heterocycles. The van der Waals surface area contributed by atoms with Crippen molar-refractivity contribution in [1.82, 2.24) is 0 Å². The Bertz CT molecular complexity index is 384. The molecule has 2 heteroatoms. The van der Waals surface area contributed by atoms with Gasteiger partial charge in [0, 0.05) is 18.3 Å². The summed E-state index contributed by atoms with van der Waals surface area (Å²) in [4.78, 5) is 0. The molecule has 1 fully saturated rings. The molecule has 0 aromatic heterocycles. The van der Waals surface area contributed by atoms with Crippen LogP contribution in [0.2, 0.25) is 0 Å². The van der Waals surface area contributed by atoms with Gasteiger partial charge in [-0.05, 0) is 56.6 Å². The molecular formula is C16H23NO. The van der Waals surface area contributed by atoms with E-state index in [2.05, 4.69) is 29.6 Å². The van der Waals surface area contributed by atoms with E-state index in [1.165, 1.54) is 56.2 Å². The van der Waals surface area contributed by atoms with Gasteiger partial charge in [0.25, 0.3) is 0 Å². The maximum Gasteiger partial charge on any atom is 0.0576 e. The van der Waals surface area contributed by atoms with Gasteiger partial charge in [0.15, 0.2) is 0 Å². The van der Waals surface area contributed by atoms with E-state index >= 15 is 0 Å². The summed E-state index contributed by atoms with van der Waals surface area (Å²) in [5.74, 6) is 0. The number of para-hydroxylation sites is 1. The molecule has 0 bridgehead atoms. The van der Waals surface area contributed by atoms with Crippen molar-refractivity contribution in [2.45, 2.75) is 57.1 Å². The van der Waals surface area contributed by atoms with Gasteiger partial charge < -0.3 is 10.1 Å². The summed E-state index contributed by atoms with van der Waals surface area (Å²) >= 11 is 0. The Balaban J connectivity index is 1.44. The molecule has 2 aliphatic rings. The quantitative estimate of drug-likeness (QED) is 0.872. The van der Waals surface area contributed by atoms with E-state index in [9.17, 15) is 0 Å². The Kier molecular flexibility index (Phi) is 3.84. The minimum absolute atomic E-state index is 0.556. The predicted molar refractivity (Wildman–Crippen MR) is 75.0 cm³/mol. The van der Waals surface area contributed by atoms with Crippen molar-refractivity contribution < 1.29 is 4.74 Å². The van der Waals surface area contributed by atoms with Gasteiger partial charge in [0.1, 0.15) is 0 Å². The fourth-order valence-corrected chi connectivity index (χ4v) is 3.18. The van der Waals surface area contributed by atoms with E-state index < -0.39 is 0 Å². The normalized spacial score (nSPS) is 26.7. The molecule has 2 atom stereocenters. The summed E-state index contributed by atoms with van der Waals surface area (Å²) in [6, 6.07) is 9.38. The van der Waals surface area contributed by atoms with E-state index in [4.69, 9.17) is 4.74 Å². The van der Waals surface area contributed by atoms with Crippen LogP contribution < -0.4 is 5.32 Å². The Labute approximate surface area is 110 Å². The minimum Gasteiger partial charge on any atom is -0.382 e. The number of hydrogen-bond donors (Lipinski definition) is 1. The van der Waals surface area contributed by atoms with Crippen LogP contribution in [0.5, 0.6) is 0 Å².